The zero-order chi connectivity index (χ0) is 19.8. The average Bonchev–Trinajstić information content (AvgIpc) is 3.51. The van der Waals surface area contributed by atoms with Crippen molar-refractivity contribution in [2.24, 2.45) is 0 Å². The molecule has 2 aromatic rings. The molecule has 4 rings (SSSR count). The highest BCUT2D eigenvalue weighted by atomic mass is 35.5. The van der Waals surface area contributed by atoms with Gasteiger partial charge in [-0.3, -0.25) is 4.79 Å². The summed E-state index contributed by atoms with van der Waals surface area (Å²) in [5.74, 6) is -0.0150. The van der Waals surface area contributed by atoms with Crippen LogP contribution in [0.1, 0.15) is 31.2 Å². The Bertz CT molecular complexity index is 957. The van der Waals surface area contributed by atoms with Gasteiger partial charge < -0.3 is 5.32 Å². The van der Waals surface area contributed by atoms with Crippen molar-refractivity contribution >= 4 is 27.5 Å². The Morgan fingerprint density at radius 2 is 1.75 bits per heavy atom. The number of hydrogen-bond acceptors (Lipinski definition) is 3. The van der Waals surface area contributed by atoms with Gasteiger partial charge in [-0.05, 0) is 55.5 Å². The number of halogens is 1. The van der Waals surface area contributed by atoms with Crippen LogP contribution in [0, 0.1) is 0 Å². The molecule has 1 saturated heterocycles. The van der Waals surface area contributed by atoms with Crippen LogP contribution in [0.15, 0.2) is 59.5 Å². The third kappa shape index (κ3) is 3.69. The Labute approximate surface area is 170 Å². The number of carbonyl (C=O) groups is 1. The standard InChI is InChI=1S/C21H23ClN2O3S/c22-17-10-8-16(9-11-17)21(12-13-21)20(25)23-18-5-4-14-24(15-18)28(26,27)19-6-2-1-3-7-19/h1-3,6-11,18H,4-5,12-15H2,(H,23,25). The van der Waals surface area contributed by atoms with E-state index in [1.165, 1.54) is 4.31 Å². The minimum absolute atomic E-state index is 0.0150. The monoisotopic (exact) mass is 418 g/mol. The highest BCUT2D eigenvalue weighted by molar-refractivity contribution is 7.89. The van der Waals surface area contributed by atoms with Crippen molar-refractivity contribution < 1.29 is 13.2 Å². The Balaban J connectivity index is 1.46. The van der Waals surface area contributed by atoms with Gasteiger partial charge in [0, 0.05) is 24.2 Å². The maximum Gasteiger partial charge on any atom is 0.243 e. The number of amides is 1. The fourth-order valence-corrected chi connectivity index (χ4v) is 5.56. The molecule has 5 nitrogen and oxygen atoms in total. The van der Waals surface area contributed by atoms with Crippen LogP contribution in [0.25, 0.3) is 0 Å². The van der Waals surface area contributed by atoms with Gasteiger partial charge in [0.25, 0.3) is 0 Å². The SMILES string of the molecule is O=C(NC1CCCN(S(=O)(=O)c2ccccc2)C1)C1(c2ccc(Cl)cc2)CC1. The molecule has 0 aromatic heterocycles. The average molecular weight is 419 g/mol. The van der Waals surface area contributed by atoms with E-state index in [-0.39, 0.29) is 11.9 Å². The van der Waals surface area contributed by atoms with Crippen molar-refractivity contribution in [3.05, 3.63) is 65.2 Å². The smallest absolute Gasteiger partial charge is 0.243 e. The Morgan fingerprint density at radius 1 is 1.07 bits per heavy atom. The molecular formula is C21H23ClN2O3S. The second-order valence-corrected chi connectivity index (χ2v) is 9.95. The summed E-state index contributed by atoms with van der Waals surface area (Å²) in [6, 6.07) is 15.7. The Kier molecular flexibility index (Phi) is 5.21. The Morgan fingerprint density at radius 3 is 2.39 bits per heavy atom. The van der Waals surface area contributed by atoms with E-state index >= 15 is 0 Å². The summed E-state index contributed by atoms with van der Waals surface area (Å²) >= 11 is 5.96. The molecule has 1 N–H and O–H groups in total. The van der Waals surface area contributed by atoms with Crippen molar-refractivity contribution in [1.82, 2.24) is 9.62 Å². The minimum Gasteiger partial charge on any atom is -0.351 e. The second kappa shape index (κ2) is 7.50. The number of piperidine rings is 1. The van der Waals surface area contributed by atoms with Gasteiger partial charge in [0.1, 0.15) is 0 Å². The number of hydrogen-bond donors (Lipinski definition) is 1. The first kappa shape index (κ1) is 19.4. The van der Waals surface area contributed by atoms with Gasteiger partial charge in [-0.25, -0.2) is 8.42 Å². The number of rotatable bonds is 5. The predicted molar refractivity (Wildman–Crippen MR) is 109 cm³/mol. The van der Waals surface area contributed by atoms with Gasteiger partial charge in [-0.2, -0.15) is 4.31 Å². The molecule has 1 saturated carbocycles. The van der Waals surface area contributed by atoms with Gasteiger partial charge >= 0.3 is 0 Å². The van der Waals surface area contributed by atoms with E-state index in [1.54, 1.807) is 42.5 Å². The predicted octanol–water partition coefficient (Wildman–Crippen LogP) is 3.34. The highest BCUT2D eigenvalue weighted by Crippen LogP contribution is 2.48. The van der Waals surface area contributed by atoms with Crippen LogP contribution in [-0.4, -0.2) is 37.8 Å². The van der Waals surface area contributed by atoms with E-state index in [0.29, 0.717) is 23.0 Å². The fraction of sp³-hybridized carbons (Fsp3) is 0.381. The summed E-state index contributed by atoms with van der Waals surface area (Å²) in [4.78, 5) is 13.3. The quantitative estimate of drug-likeness (QED) is 0.809. The van der Waals surface area contributed by atoms with Gasteiger partial charge in [-0.1, -0.05) is 41.9 Å². The molecule has 7 heteroatoms. The van der Waals surface area contributed by atoms with Crippen LogP contribution in [0.3, 0.4) is 0 Å². The lowest BCUT2D eigenvalue weighted by atomic mass is 9.94. The molecule has 2 aromatic carbocycles. The molecule has 2 aliphatic rings. The molecule has 148 valence electrons. The molecule has 1 aliphatic carbocycles. The van der Waals surface area contributed by atoms with E-state index in [2.05, 4.69) is 5.32 Å². The summed E-state index contributed by atoms with van der Waals surface area (Å²) in [6.07, 6.45) is 3.12. The molecular weight excluding hydrogens is 396 g/mol. The van der Waals surface area contributed by atoms with Crippen molar-refractivity contribution in [3.8, 4) is 0 Å². The minimum atomic E-state index is -3.54. The molecule has 0 radical (unpaired) electrons. The number of nitrogens with one attached hydrogen (secondary N) is 1. The number of benzene rings is 2. The maximum atomic E-state index is 13.0. The van der Waals surface area contributed by atoms with Gasteiger partial charge in [0.2, 0.25) is 15.9 Å². The largest absolute Gasteiger partial charge is 0.351 e. The molecule has 1 heterocycles. The van der Waals surface area contributed by atoms with E-state index in [1.807, 2.05) is 12.1 Å². The zero-order valence-electron chi connectivity index (χ0n) is 15.5. The van der Waals surface area contributed by atoms with Crippen LogP contribution in [-0.2, 0) is 20.2 Å². The molecule has 1 atom stereocenters. The molecule has 2 fully saturated rings. The first-order valence-corrected chi connectivity index (χ1v) is 11.4. The normalized spacial score (nSPS) is 21.8. The summed E-state index contributed by atoms with van der Waals surface area (Å²) in [5.41, 5.74) is 0.476. The third-order valence-electron chi connectivity index (χ3n) is 5.68. The second-order valence-electron chi connectivity index (χ2n) is 7.58. The van der Waals surface area contributed by atoms with Crippen molar-refractivity contribution in [3.63, 3.8) is 0 Å². The number of nitrogens with zero attached hydrogens (tertiary/aromatic N) is 1. The van der Waals surface area contributed by atoms with Crippen LogP contribution in [0.5, 0.6) is 0 Å². The maximum absolute atomic E-state index is 13.0. The molecule has 1 unspecified atom stereocenters. The molecule has 0 bridgehead atoms. The lowest BCUT2D eigenvalue weighted by Crippen LogP contribution is -2.51. The van der Waals surface area contributed by atoms with Crippen molar-refractivity contribution in [2.45, 2.75) is 42.0 Å². The number of carbonyl (C=O) groups excluding carboxylic acids is 1. The van der Waals surface area contributed by atoms with E-state index in [0.717, 1.165) is 31.2 Å². The Hall–Kier alpha value is -1.89. The van der Waals surface area contributed by atoms with E-state index in [9.17, 15) is 13.2 Å². The molecule has 0 spiro atoms. The molecule has 1 amide bonds. The van der Waals surface area contributed by atoms with Crippen LogP contribution < -0.4 is 5.32 Å². The summed E-state index contributed by atoms with van der Waals surface area (Å²) in [5, 5.41) is 3.76. The lowest BCUT2D eigenvalue weighted by molar-refractivity contribution is -0.124. The van der Waals surface area contributed by atoms with E-state index in [4.69, 9.17) is 11.6 Å². The topological polar surface area (TPSA) is 66.5 Å². The van der Waals surface area contributed by atoms with Crippen molar-refractivity contribution in [1.29, 1.82) is 0 Å². The van der Waals surface area contributed by atoms with Gasteiger partial charge in [0.05, 0.1) is 10.3 Å². The fourth-order valence-electron chi connectivity index (χ4n) is 3.88. The van der Waals surface area contributed by atoms with Crippen LogP contribution in [0.4, 0.5) is 0 Å². The van der Waals surface area contributed by atoms with Crippen LogP contribution >= 0.6 is 11.6 Å². The van der Waals surface area contributed by atoms with Gasteiger partial charge in [-0.15, -0.1) is 0 Å². The van der Waals surface area contributed by atoms with E-state index < -0.39 is 15.4 Å². The van der Waals surface area contributed by atoms with Gasteiger partial charge in [0.15, 0.2) is 0 Å². The van der Waals surface area contributed by atoms with Crippen LogP contribution in [0.2, 0.25) is 5.02 Å². The number of sulfonamides is 1. The first-order chi connectivity index (χ1) is 13.4. The zero-order valence-corrected chi connectivity index (χ0v) is 17.0. The molecule has 28 heavy (non-hydrogen) atoms. The molecule has 1 aliphatic heterocycles. The highest BCUT2D eigenvalue weighted by Gasteiger charge is 2.51. The summed E-state index contributed by atoms with van der Waals surface area (Å²) < 4.78 is 27.2. The summed E-state index contributed by atoms with van der Waals surface area (Å²) in [7, 11) is -3.54. The lowest BCUT2D eigenvalue weighted by Gasteiger charge is -2.33. The van der Waals surface area contributed by atoms with Crippen molar-refractivity contribution in [2.75, 3.05) is 13.1 Å². The first-order valence-electron chi connectivity index (χ1n) is 9.54. The summed E-state index contributed by atoms with van der Waals surface area (Å²) in [6.45, 7) is 0.783. The third-order valence-corrected chi connectivity index (χ3v) is 7.81.